The number of carbonyl (C=O) groups is 1. The lowest BCUT2D eigenvalue weighted by Crippen LogP contribution is -2.06. The van der Waals surface area contributed by atoms with Crippen molar-refractivity contribution in [3.05, 3.63) is 52.3 Å². The number of nitro benzene ring substituents is 1. The lowest BCUT2D eigenvalue weighted by Gasteiger charge is -2.07. The molecule has 0 radical (unpaired) electrons. The molecule has 0 amide bonds. The smallest absolute Gasteiger partial charge is 0.348 e. The molecule has 0 heterocycles. The second-order valence-electron chi connectivity index (χ2n) is 4.03. The number of benzene rings is 1. The van der Waals surface area contributed by atoms with Gasteiger partial charge in [0.05, 0.1) is 18.3 Å². The van der Waals surface area contributed by atoms with E-state index >= 15 is 0 Å². The SMILES string of the molecule is C=COCCOc1ccc(C=C(C#N)C(=O)OC)cc1[N+](=O)[O-]. The minimum Gasteiger partial charge on any atom is -0.498 e. The topological polar surface area (TPSA) is 112 Å². The molecule has 0 aliphatic heterocycles. The summed E-state index contributed by atoms with van der Waals surface area (Å²) in [6.45, 7) is 3.67. The molecule has 0 spiro atoms. The Bertz CT molecular complexity index is 675. The third kappa shape index (κ3) is 5.17. The third-order valence-electron chi connectivity index (χ3n) is 2.59. The van der Waals surface area contributed by atoms with Gasteiger partial charge in [-0.1, -0.05) is 12.6 Å². The normalized spacial score (nSPS) is 10.3. The summed E-state index contributed by atoms with van der Waals surface area (Å²) in [6.07, 6.45) is 2.44. The molecule has 1 aromatic rings. The molecule has 0 aromatic heterocycles. The largest absolute Gasteiger partial charge is 0.498 e. The van der Waals surface area contributed by atoms with E-state index in [0.717, 1.165) is 7.11 Å². The second-order valence-corrected chi connectivity index (χ2v) is 4.03. The lowest BCUT2D eigenvalue weighted by molar-refractivity contribution is -0.385. The maximum Gasteiger partial charge on any atom is 0.348 e. The quantitative estimate of drug-likeness (QED) is 0.137. The zero-order valence-electron chi connectivity index (χ0n) is 12.4. The Morgan fingerprint density at radius 3 is 2.78 bits per heavy atom. The third-order valence-corrected chi connectivity index (χ3v) is 2.59. The van der Waals surface area contributed by atoms with Crippen molar-refractivity contribution in [3.63, 3.8) is 0 Å². The first-order chi connectivity index (χ1) is 11.0. The maximum absolute atomic E-state index is 11.3. The van der Waals surface area contributed by atoms with E-state index in [1.165, 1.54) is 30.5 Å². The Morgan fingerprint density at radius 2 is 2.22 bits per heavy atom. The predicted octanol–water partition coefficient (Wildman–Crippen LogP) is 2.21. The monoisotopic (exact) mass is 318 g/mol. The van der Waals surface area contributed by atoms with Gasteiger partial charge in [0.2, 0.25) is 0 Å². The van der Waals surface area contributed by atoms with Crippen molar-refractivity contribution < 1.29 is 23.9 Å². The summed E-state index contributed by atoms with van der Waals surface area (Å²) in [5.41, 5.74) is -0.261. The van der Waals surface area contributed by atoms with Crippen molar-refractivity contribution in [2.45, 2.75) is 0 Å². The van der Waals surface area contributed by atoms with Crippen LogP contribution in [-0.4, -0.2) is 31.2 Å². The fraction of sp³-hybridized carbons (Fsp3) is 0.200. The molecular weight excluding hydrogens is 304 g/mol. The fourth-order valence-electron chi connectivity index (χ4n) is 1.59. The van der Waals surface area contributed by atoms with Crippen molar-refractivity contribution in [1.82, 2.24) is 0 Å². The number of rotatable bonds is 8. The lowest BCUT2D eigenvalue weighted by atomic mass is 10.1. The zero-order valence-corrected chi connectivity index (χ0v) is 12.4. The van der Waals surface area contributed by atoms with E-state index in [9.17, 15) is 14.9 Å². The Balaban J connectivity index is 3.06. The highest BCUT2D eigenvalue weighted by Crippen LogP contribution is 2.28. The molecule has 0 saturated carbocycles. The summed E-state index contributed by atoms with van der Waals surface area (Å²) in [5, 5.41) is 20.0. The molecule has 0 aliphatic rings. The van der Waals surface area contributed by atoms with Crippen LogP contribution in [0.25, 0.3) is 6.08 Å². The molecule has 120 valence electrons. The summed E-state index contributed by atoms with van der Waals surface area (Å²) in [6, 6.07) is 5.73. The molecule has 0 N–H and O–H groups in total. The minimum absolute atomic E-state index is 0.0522. The molecule has 0 bridgehead atoms. The molecule has 0 fully saturated rings. The maximum atomic E-state index is 11.3. The number of hydrogen-bond acceptors (Lipinski definition) is 7. The van der Waals surface area contributed by atoms with Crippen molar-refractivity contribution in [2.24, 2.45) is 0 Å². The number of ether oxygens (including phenoxy) is 3. The van der Waals surface area contributed by atoms with Crippen LogP contribution in [0.2, 0.25) is 0 Å². The molecule has 0 atom stereocenters. The van der Waals surface area contributed by atoms with E-state index in [1.54, 1.807) is 6.07 Å². The van der Waals surface area contributed by atoms with Gasteiger partial charge in [-0.2, -0.15) is 5.26 Å². The predicted molar refractivity (Wildman–Crippen MR) is 80.3 cm³/mol. The summed E-state index contributed by atoms with van der Waals surface area (Å²) in [7, 11) is 1.14. The first-order valence-corrected chi connectivity index (χ1v) is 6.37. The van der Waals surface area contributed by atoms with Crippen LogP contribution in [0.3, 0.4) is 0 Å². The van der Waals surface area contributed by atoms with Gasteiger partial charge in [0.25, 0.3) is 0 Å². The number of nitro groups is 1. The van der Waals surface area contributed by atoms with Crippen molar-refractivity contribution in [2.75, 3.05) is 20.3 Å². The Morgan fingerprint density at radius 1 is 1.48 bits per heavy atom. The molecule has 8 nitrogen and oxygen atoms in total. The van der Waals surface area contributed by atoms with E-state index in [2.05, 4.69) is 11.3 Å². The average Bonchev–Trinajstić information content (AvgIpc) is 2.56. The number of esters is 1. The highest BCUT2D eigenvalue weighted by molar-refractivity contribution is 5.97. The van der Waals surface area contributed by atoms with Crippen molar-refractivity contribution in [3.8, 4) is 11.8 Å². The van der Waals surface area contributed by atoms with Crippen LogP contribution < -0.4 is 4.74 Å². The molecule has 1 aromatic carbocycles. The standard InChI is InChI=1S/C15H14N2O6/c1-3-22-6-7-23-14-5-4-11(9-13(14)17(19)20)8-12(10-16)15(18)21-2/h3-5,8-9H,1,6-7H2,2H3. The summed E-state index contributed by atoms with van der Waals surface area (Å²) in [4.78, 5) is 21.8. The zero-order chi connectivity index (χ0) is 17.2. The first-order valence-electron chi connectivity index (χ1n) is 6.37. The van der Waals surface area contributed by atoms with Gasteiger partial charge < -0.3 is 14.2 Å². The Labute approximate surface area is 132 Å². The highest BCUT2D eigenvalue weighted by Gasteiger charge is 2.17. The van der Waals surface area contributed by atoms with E-state index in [1.807, 2.05) is 0 Å². The number of nitriles is 1. The summed E-state index contributed by atoms with van der Waals surface area (Å²) < 4.78 is 14.6. The molecule has 1 rings (SSSR count). The number of carbonyl (C=O) groups excluding carboxylic acids is 1. The van der Waals surface area contributed by atoms with Crippen LogP contribution in [0.15, 0.2) is 36.6 Å². The molecule has 8 heteroatoms. The molecule has 0 unspecified atom stereocenters. The van der Waals surface area contributed by atoms with Gasteiger partial charge in [0.1, 0.15) is 24.9 Å². The fourth-order valence-corrected chi connectivity index (χ4v) is 1.59. The van der Waals surface area contributed by atoms with Gasteiger partial charge in [-0.15, -0.1) is 0 Å². The van der Waals surface area contributed by atoms with Gasteiger partial charge in [0.15, 0.2) is 5.75 Å². The van der Waals surface area contributed by atoms with Crippen LogP contribution >= 0.6 is 0 Å². The van der Waals surface area contributed by atoms with Crippen LogP contribution in [-0.2, 0) is 14.3 Å². The van der Waals surface area contributed by atoms with Crippen LogP contribution in [0.5, 0.6) is 5.75 Å². The van der Waals surface area contributed by atoms with E-state index in [-0.39, 0.29) is 30.2 Å². The van der Waals surface area contributed by atoms with Gasteiger partial charge in [0, 0.05) is 6.07 Å². The van der Waals surface area contributed by atoms with E-state index < -0.39 is 10.9 Å². The Kier molecular flexibility index (Phi) is 6.81. The van der Waals surface area contributed by atoms with Crippen LogP contribution in [0, 0.1) is 21.4 Å². The van der Waals surface area contributed by atoms with Gasteiger partial charge in [-0.05, 0) is 17.7 Å². The van der Waals surface area contributed by atoms with Crippen LogP contribution in [0.1, 0.15) is 5.56 Å². The van der Waals surface area contributed by atoms with E-state index in [4.69, 9.17) is 14.7 Å². The van der Waals surface area contributed by atoms with Crippen molar-refractivity contribution in [1.29, 1.82) is 5.26 Å². The Hall–Kier alpha value is -3.34. The molecule has 0 saturated heterocycles. The highest BCUT2D eigenvalue weighted by atomic mass is 16.6. The van der Waals surface area contributed by atoms with Crippen LogP contribution in [0.4, 0.5) is 5.69 Å². The van der Waals surface area contributed by atoms with Crippen molar-refractivity contribution >= 4 is 17.7 Å². The minimum atomic E-state index is -0.822. The van der Waals surface area contributed by atoms with Gasteiger partial charge >= 0.3 is 11.7 Å². The van der Waals surface area contributed by atoms with Gasteiger partial charge in [-0.25, -0.2) is 4.79 Å². The molecule has 23 heavy (non-hydrogen) atoms. The van der Waals surface area contributed by atoms with E-state index in [0.29, 0.717) is 5.56 Å². The summed E-state index contributed by atoms with van der Waals surface area (Å²) in [5.74, 6) is -0.770. The summed E-state index contributed by atoms with van der Waals surface area (Å²) >= 11 is 0. The first kappa shape index (κ1) is 17.7. The average molecular weight is 318 g/mol. The number of hydrogen-bond donors (Lipinski definition) is 0. The molecule has 0 aliphatic carbocycles. The molecular formula is C15H14N2O6. The number of methoxy groups -OCH3 is 1. The number of nitrogens with zero attached hydrogens (tertiary/aromatic N) is 2. The second kappa shape index (κ2) is 8.84. The van der Waals surface area contributed by atoms with Gasteiger partial charge in [-0.3, -0.25) is 10.1 Å².